The molecule has 1 unspecified atom stereocenters. The minimum atomic E-state index is -0.390. The predicted octanol–water partition coefficient (Wildman–Crippen LogP) is 1.56. The third-order valence-corrected chi connectivity index (χ3v) is 2.91. The Morgan fingerprint density at radius 1 is 1.47 bits per heavy atom. The van der Waals surface area contributed by atoms with Crippen molar-refractivity contribution in [3.63, 3.8) is 0 Å². The molecule has 98 valence electrons. The molecule has 1 rings (SSSR count). The molecule has 0 aromatic heterocycles. The SMILES string of the molecule is CCCC(C)(COC(=O)NC1CC1)CC(N)=O. The third-order valence-electron chi connectivity index (χ3n) is 2.91. The summed E-state index contributed by atoms with van der Waals surface area (Å²) in [7, 11) is 0. The fourth-order valence-electron chi connectivity index (χ4n) is 1.91. The fourth-order valence-corrected chi connectivity index (χ4v) is 1.91. The number of nitrogens with two attached hydrogens (primary N) is 1. The summed E-state index contributed by atoms with van der Waals surface area (Å²) in [4.78, 5) is 22.4. The van der Waals surface area contributed by atoms with Gasteiger partial charge in [0.25, 0.3) is 0 Å². The van der Waals surface area contributed by atoms with E-state index in [1.54, 1.807) is 0 Å². The molecular weight excluding hydrogens is 220 g/mol. The van der Waals surface area contributed by atoms with E-state index in [-0.39, 0.29) is 36.5 Å². The topological polar surface area (TPSA) is 81.4 Å². The van der Waals surface area contributed by atoms with E-state index in [0.29, 0.717) is 0 Å². The van der Waals surface area contributed by atoms with Crippen LogP contribution in [0.5, 0.6) is 0 Å². The zero-order valence-corrected chi connectivity index (χ0v) is 10.6. The number of primary amides is 1. The molecule has 1 atom stereocenters. The van der Waals surface area contributed by atoms with Gasteiger partial charge in [0.05, 0.1) is 6.61 Å². The molecule has 0 saturated heterocycles. The van der Waals surface area contributed by atoms with Crippen LogP contribution in [0.25, 0.3) is 0 Å². The second kappa shape index (κ2) is 5.89. The average molecular weight is 242 g/mol. The fraction of sp³-hybridized carbons (Fsp3) is 0.833. The van der Waals surface area contributed by atoms with Crippen LogP contribution >= 0.6 is 0 Å². The minimum absolute atomic E-state index is 0.238. The zero-order chi connectivity index (χ0) is 12.9. The van der Waals surface area contributed by atoms with E-state index in [9.17, 15) is 9.59 Å². The van der Waals surface area contributed by atoms with Crippen LogP contribution in [0.2, 0.25) is 0 Å². The monoisotopic (exact) mass is 242 g/mol. The van der Waals surface area contributed by atoms with Crippen LogP contribution in [0.15, 0.2) is 0 Å². The van der Waals surface area contributed by atoms with Gasteiger partial charge < -0.3 is 15.8 Å². The second-order valence-corrected chi connectivity index (χ2v) is 5.20. The lowest BCUT2D eigenvalue weighted by Crippen LogP contribution is -2.34. The molecule has 1 fully saturated rings. The number of carbonyl (C=O) groups excluding carboxylic acids is 2. The average Bonchev–Trinajstić information content (AvgIpc) is 2.98. The molecule has 3 N–H and O–H groups in total. The minimum Gasteiger partial charge on any atom is -0.449 e. The number of ether oxygens (including phenoxy) is 1. The van der Waals surface area contributed by atoms with E-state index in [4.69, 9.17) is 10.5 Å². The van der Waals surface area contributed by atoms with E-state index in [2.05, 4.69) is 5.32 Å². The molecule has 0 heterocycles. The molecule has 1 aliphatic rings. The summed E-state index contributed by atoms with van der Waals surface area (Å²) in [5.41, 5.74) is 4.87. The van der Waals surface area contributed by atoms with Gasteiger partial charge in [-0.2, -0.15) is 0 Å². The highest BCUT2D eigenvalue weighted by atomic mass is 16.5. The lowest BCUT2D eigenvalue weighted by atomic mass is 9.83. The molecule has 2 amide bonds. The molecule has 0 aromatic carbocycles. The summed E-state index contributed by atoms with van der Waals surface area (Å²) in [5, 5.41) is 2.74. The number of carbonyl (C=O) groups is 2. The predicted molar refractivity (Wildman–Crippen MR) is 64.3 cm³/mol. The molecule has 0 aromatic rings. The molecule has 1 saturated carbocycles. The number of amides is 2. The Kier molecular flexibility index (Phi) is 4.78. The molecule has 0 spiro atoms. The number of alkyl carbamates (subject to hydrolysis) is 1. The first-order chi connectivity index (χ1) is 7.95. The molecule has 5 heteroatoms. The van der Waals surface area contributed by atoms with Gasteiger partial charge in [-0.3, -0.25) is 4.79 Å². The lowest BCUT2D eigenvalue weighted by Gasteiger charge is -2.27. The molecule has 0 radical (unpaired) electrons. The summed E-state index contributed by atoms with van der Waals surface area (Å²) < 4.78 is 5.15. The summed E-state index contributed by atoms with van der Waals surface area (Å²) in [6, 6.07) is 0.288. The highest BCUT2D eigenvalue weighted by Gasteiger charge is 2.29. The van der Waals surface area contributed by atoms with Crippen molar-refractivity contribution in [2.45, 2.75) is 52.0 Å². The highest BCUT2D eigenvalue weighted by molar-refractivity contribution is 5.74. The quantitative estimate of drug-likeness (QED) is 0.710. The maximum atomic E-state index is 11.4. The van der Waals surface area contributed by atoms with E-state index in [1.165, 1.54) is 0 Å². The Morgan fingerprint density at radius 2 is 2.12 bits per heavy atom. The van der Waals surface area contributed by atoms with Gasteiger partial charge in [-0.25, -0.2) is 4.79 Å². The van der Waals surface area contributed by atoms with Crippen molar-refractivity contribution in [1.29, 1.82) is 0 Å². The molecule has 1 aliphatic carbocycles. The van der Waals surface area contributed by atoms with Gasteiger partial charge in [0.2, 0.25) is 5.91 Å². The summed E-state index contributed by atoms with van der Waals surface area (Å²) in [6.07, 6.45) is 3.66. The molecule has 0 bridgehead atoms. The molecule has 0 aliphatic heterocycles. The third kappa shape index (κ3) is 5.56. The van der Waals surface area contributed by atoms with Crippen LogP contribution in [-0.2, 0) is 9.53 Å². The van der Waals surface area contributed by atoms with Crippen molar-refractivity contribution in [1.82, 2.24) is 5.32 Å². The van der Waals surface area contributed by atoms with Crippen LogP contribution in [0.1, 0.15) is 46.0 Å². The Morgan fingerprint density at radius 3 is 2.59 bits per heavy atom. The van der Waals surface area contributed by atoms with Crippen molar-refractivity contribution >= 4 is 12.0 Å². The maximum absolute atomic E-state index is 11.4. The van der Waals surface area contributed by atoms with Gasteiger partial charge in [0, 0.05) is 17.9 Å². The van der Waals surface area contributed by atoms with Gasteiger partial charge >= 0.3 is 6.09 Å². The summed E-state index contributed by atoms with van der Waals surface area (Å²) in [5.74, 6) is -0.354. The second-order valence-electron chi connectivity index (χ2n) is 5.20. The first-order valence-electron chi connectivity index (χ1n) is 6.17. The smallest absolute Gasteiger partial charge is 0.407 e. The van der Waals surface area contributed by atoms with Crippen molar-refractivity contribution in [3.8, 4) is 0 Å². The van der Waals surface area contributed by atoms with Crippen molar-refractivity contribution in [2.24, 2.45) is 11.1 Å². The first-order valence-corrected chi connectivity index (χ1v) is 6.17. The van der Waals surface area contributed by atoms with E-state index in [0.717, 1.165) is 25.7 Å². The van der Waals surface area contributed by atoms with Gasteiger partial charge in [-0.1, -0.05) is 20.3 Å². The Bertz CT molecular complexity index is 289. The lowest BCUT2D eigenvalue weighted by molar-refractivity contribution is -0.120. The number of hydrogen-bond acceptors (Lipinski definition) is 3. The molecule has 5 nitrogen and oxygen atoms in total. The van der Waals surface area contributed by atoms with Crippen LogP contribution in [0.4, 0.5) is 4.79 Å². The van der Waals surface area contributed by atoms with E-state index in [1.807, 2.05) is 13.8 Å². The zero-order valence-electron chi connectivity index (χ0n) is 10.6. The summed E-state index contributed by atoms with van der Waals surface area (Å²) in [6.45, 7) is 4.19. The van der Waals surface area contributed by atoms with Crippen molar-refractivity contribution in [2.75, 3.05) is 6.61 Å². The standard InChI is InChI=1S/C12H22N2O3/c1-3-6-12(2,7-10(13)15)8-17-11(16)14-9-4-5-9/h9H,3-8H2,1-2H3,(H2,13,15)(H,14,16). The van der Waals surface area contributed by atoms with Gasteiger partial charge in [-0.15, -0.1) is 0 Å². The van der Waals surface area contributed by atoms with Crippen molar-refractivity contribution in [3.05, 3.63) is 0 Å². The van der Waals surface area contributed by atoms with Gasteiger partial charge in [0.1, 0.15) is 0 Å². The number of nitrogens with one attached hydrogen (secondary N) is 1. The number of hydrogen-bond donors (Lipinski definition) is 2. The van der Waals surface area contributed by atoms with Crippen LogP contribution in [0, 0.1) is 5.41 Å². The Hall–Kier alpha value is -1.26. The van der Waals surface area contributed by atoms with Gasteiger partial charge in [-0.05, 0) is 19.3 Å². The largest absolute Gasteiger partial charge is 0.449 e. The van der Waals surface area contributed by atoms with E-state index < -0.39 is 0 Å². The Labute approximate surface area is 102 Å². The van der Waals surface area contributed by atoms with Crippen LogP contribution < -0.4 is 11.1 Å². The summed E-state index contributed by atoms with van der Waals surface area (Å²) >= 11 is 0. The van der Waals surface area contributed by atoms with Crippen LogP contribution in [-0.4, -0.2) is 24.6 Å². The highest BCUT2D eigenvalue weighted by Crippen LogP contribution is 2.28. The molecule has 17 heavy (non-hydrogen) atoms. The Balaban J connectivity index is 2.35. The number of rotatable bonds is 7. The van der Waals surface area contributed by atoms with Crippen molar-refractivity contribution < 1.29 is 14.3 Å². The normalized spacial score (nSPS) is 18.2. The first kappa shape index (κ1) is 13.8. The van der Waals surface area contributed by atoms with Crippen LogP contribution in [0.3, 0.4) is 0 Å². The maximum Gasteiger partial charge on any atom is 0.407 e. The van der Waals surface area contributed by atoms with E-state index >= 15 is 0 Å². The molecular formula is C12H22N2O3. The van der Waals surface area contributed by atoms with Gasteiger partial charge in [0.15, 0.2) is 0 Å².